The van der Waals surface area contributed by atoms with Gasteiger partial charge < -0.3 is 6.15 Å². The molecule has 0 spiro atoms. The number of nitrogens with two attached hydrogens (primary N) is 1. The van der Waals surface area contributed by atoms with Crippen molar-refractivity contribution < 1.29 is 15.1 Å². The van der Waals surface area contributed by atoms with Gasteiger partial charge in [-0.3, -0.25) is 0 Å². The summed E-state index contributed by atoms with van der Waals surface area (Å²) in [6.45, 7) is 0. The first-order valence-corrected chi connectivity index (χ1v) is 4.47. The molecular weight excluding hydrogens is 188 g/mol. The van der Waals surface area contributed by atoms with Crippen molar-refractivity contribution in [2.75, 3.05) is 0 Å². The first kappa shape index (κ1) is 8.94. The average Bonchev–Trinajstić information content (AvgIpc) is 0.918. The molecule has 0 bridgehead atoms. The fraction of sp³-hybridized carbons (Fsp3) is 0. The summed E-state index contributed by atoms with van der Waals surface area (Å²) in [4.78, 5) is 0. The maximum Gasteiger partial charge on any atom is -0.693 e. The van der Waals surface area contributed by atoms with Crippen LogP contribution in [0.25, 0.3) is 6.15 Å². The molecule has 2 N–H and O–H groups in total. The minimum Gasteiger partial charge on any atom is -0.693 e. The van der Waals surface area contributed by atoms with Crippen LogP contribution in [0.15, 0.2) is 0 Å². The molecule has 4 heavy (non-hydrogen) atoms. The van der Waals surface area contributed by atoms with E-state index >= 15 is 0 Å². The van der Waals surface area contributed by atoms with Crippen molar-refractivity contribution in [1.82, 2.24) is 0 Å². The van der Waals surface area contributed by atoms with Crippen LogP contribution in [-0.2, 0) is 15.1 Å². The molecule has 0 rings (SSSR count). The van der Waals surface area contributed by atoms with E-state index in [9.17, 15) is 0 Å². The summed E-state index contributed by atoms with van der Waals surface area (Å²) >= 11 is -0.226. The molecule has 30 valence electrons. The van der Waals surface area contributed by atoms with Gasteiger partial charge in [0, 0.05) is 0 Å². The average molecular weight is 190 g/mol. The Labute approximate surface area is 40.9 Å². The van der Waals surface area contributed by atoms with E-state index in [1.54, 1.807) is 0 Å². The van der Waals surface area contributed by atoms with Crippen LogP contribution in [0.5, 0.6) is 0 Å². The fourth-order valence-corrected chi connectivity index (χ4v) is 0. The molecule has 0 saturated carbocycles. The molecule has 0 atom stereocenters. The molecule has 4 heteroatoms. The Morgan fingerprint density at radius 3 is 1.25 bits per heavy atom. The normalized spacial score (nSPS) is 5.50. The molecule has 0 aromatic carbocycles. The number of hydrogen-bond donors (Lipinski definition) is 0. The molecular formula is H2Cl2NRh. The number of halogens is 2. The van der Waals surface area contributed by atoms with Gasteiger partial charge in [-0.05, 0) is 0 Å². The van der Waals surface area contributed by atoms with E-state index < -0.39 is 0 Å². The molecule has 0 aromatic rings. The Hall–Kier alpha value is 1.16. The van der Waals surface area contributed by atoms with Gasteiger partial charge in [0.05, 0.1) is 0 Å². The second-order valence-electron chi connectivity index (χ2n) is 0.0476. The summed E-state index contributed by atoms with van der Waals surface area (Å²) in [6.07, 6.45) is 0. The van der Waals surface area contributed by atoms with E-state index in [0.29, 0.717) is 0 Å². The Morgan fingerprint density at radius 2 is 1.25 bits per heavy atom. The van der Waals surface area contributed by atoms with Gasteiger partial charge in [0.15, 0.2) is 0 Å². The Kier molecular flexibility index (Phi) is 19.9. The van der Waals surface area contributed by atoms with Gasteiger partial charge in [0.2, 0.25) is 0 Å². The smallest absolute Gasteiger partial charge is 0.693 e. The summed E-state index contributed by atoms with van der Waals surface area (Å²) in [6, 6.07) is 0. The molecule has 0 aliphatic carbocycles. The Balaban J connectivity index is 0. The summed E-state index contributed by atoms with van der Waals surface area (Å²) in [5, 5.41) is 0. The quantitative estimate of drug-likeness (QED) is 0.524. The molecule has 0 aliphatic rings. The molecule has 0 heterocycles. The van der Waals surface area contributed by atoms with Crippen molar-refractivity contribution in [3.05, 3.63) is 6.15 Å². The van der Waals surface area contributed by atoms with Gasteiger partial charge in [-0.15, -0.1) is 0 Å². The minimum atomic E-state index is -0.226. The standard InChI is InChI=1S/2ClH.H2N.Rh/h2*1H;1H2;/q;;-1;+3/p-2. The molecule has 1 nitrogen and oxygen atoms in total. The number of hydrogen-bond acceptors (Lipinski definition) is 0. The van der Waals surface area contributed by atoms with Crippen LogP contribution in [0, 0.1) is 0 Å². The zero-order chi connectivity index (χ0) is 2.71. The second kappa shape index (κ2) is 8.90. The predicted octanol–water partition coefficient (Wildman–Crippen LogP) is 2.09. The molecule has 0 saturated heterocycles. The molecule has 0 aromatic heterocycles. The first-order valence-electron chi connectivity index (χ1n) is 0.252. The Bertz CT molecular complexity index is 6.00. The van der Waals surface area contributed by atoms with E-state index in [2.05, 4.69) is 0 Å². The van der Waals surface area contributed by atoms with E-state index in [1.165, 1.54) is 0 Å². The summed E-state index contributed by atoms with van der Waals surface area (Å²) < 4.78 is 0. The van der Waals surface area contributed by atoms with Crippen LogP contribution in [0.4, 0.5) is 0 Å². The molecule has 0 unspecified atom stereocenters. The van der Waals surface area contributed by atoms with Crippen LogP contribution in [0.1, 0.15) is 0 Å². The third kappa shape index (κ3) is 10.9. The predicted molar refractivity (Wildman–Crippen MR) is 17.0 cm³/mol. The Morgan fingerprint density at radius 1 is 1.25 bits per heavy atom. The maximum absolute atomic E-state index is 4.83. The van der Waals surface area contributed by atoms with E-state index in [4.69, 9.17) is 19.4 Å². The van der Waals surface area contributed by atoms with Crippen molar-refractivity contribution in [2.45, 2.75) is 0 Å². The zero-order valence-corrected chi connectivity index (χ0v) is 4.82. The molecule has 0 aliphatic heterocycles. The van der Waals surface area contributed by atoms with Crippen LogP contribution >= 0.6 is 19.4 Å². The van der Waals surface area contributed by atoms with Gasteiger partial charge >= 0.3 is 34.5 Å². The SMILES string of the molecule is [Cl][Rh+][Cl].[NH2-]. The third-order valence-electron chi connectivity index (χ3n) is 0. The fourth-order valence-electron chi connectivity index (χ4n) is 0. The van der Waals surface area contributed by atoms with Crippen LogP contribution in [0.2, 0.25) is 0 Å². The van der Waals surface area contributed by atoms with Gasteiger partial charge in [0.25, 0.3) is 0 Å². The van der Waals surface area contributed by atoms with Crippen molar-refractivity contribution in [1.29, 1.82) is 0 Å². The molecule has 0 fully saturated rings. The summed E-state index contributed by atoms with van der Waals surface area (Å²) in [5.74, 6) is 0. The van der Waals surface area contributed by atoms with Gasteiger partial charge in [-0.1, -0.05) is 0 Å². The van der Waals surface area contributed by atoms with Gasteiger partial charge in [0.1, 0.15) is 0 Å². The van der Waals surface area contributed by atoms with Crippen molar-refractivity contribution in [3.63, 3.8) is 0 Å². The molecule has 0 radical (unpaired) electrons. The second-order valence-corrected chi connectivity index (χ2v) is 2.54. The van der Waals surface area contributed by atoms with E-state index in [-0.39, 0.29) is 21.3 Å². The third-order valence-corrected chi connectivity index (χ3v) is 0. The molecule has 0 amide bonds. The van der Waals surface area contributed by atoms with Crippen LogP contribution < -0.4 is 0 Å². The first-order chi connectivity index (χ1) is 1.41. The van der Waals surface area contributed by atoms with Crippen LogP contribution in [-0.4, -0.2) is 0 Å². The summed E-state index contributed by atoms with van der Waals surface area (Å²) in [7, 11) is 9.67. The van der Waals surface area contributed by atoms with Crippen molar-refractivity contribution in [3.8, 4) is 0 Å². The van der Waals surface area contributed by atoms with Crippen molar-refractivity contribution in [2.24, 2.45) is 0 Å². The zero-order valence-electron chi connectivity index (χ0n) is 1.67. The van der Waals surface area contributed by atoms with Crippen molar-refractivity contribution >= 4 is 19.4 Å². The minimum absolute atomic E-state index is 0. The maximum atomic E-state index is 4.83. The van der Waals surface area contributed by atoms with E-state index in [1.807, 2.05) is 0 Å². The largest absolute Gasteiger partial charge is 0.693 e. The number of rotatable bonds is 0. The van der Waals surface area contributed by atoms with Crippen LogP contribution in [0.3, 0.4) is 0 Å². The summed E-state index contributed by atoms with van der Waals surface area (Å²) in [5.41, 5.74) is 0. The van der Waals surface area contributed by atoms with Gasteiger partial charge in [-0.25, -0.2) is 0 Å². The topological polar surface area (TPSA) is 33.5 Å². The monoisotopic (exact) mass is 189 g/mol. The van der Waals surface area contributed by atoms with Gasteiger partial charge in [-0.2, -0.15) is 0 Å². The van der Waals surface area contributed by atoms with E-state index in [0.717, 1.165) is 0 Å².